The molecule has 0 radical (unpaired) electrons. The van der Waals surface area contributed by atoms with Gasteiger partial charge in [-0.3, -0.25) is 0 Å². The molecule has 4 aliphatic rings. The molecule has 1 nitrogen and oxygen atoms in total. The molecule has 0 spiro atoms. The maximum atomic E-state index is 10.7. The average molecular weight is 401 g/mol. The topological polar surface area (TPSA) is 20.2 Å². The zero-order valence-corrected chi connectivity index (χ0v) is 20.3. The zero-order valence-electron chi connectivity index (χ0n) is 20.3. The van der Waals surface area contributed by atoms with Crippen LogP contribution >= 0.6 is 0 Å². The van der Waals surface area contributed by atoms with Crippen LogP contribution in [-0.4, -0.2) is 10.7 Å². The van der Waals surface area contributed by atoms with Gasteiger partial charge in [0.2, 0.25) is 0 Å². The van der Waals surface area contributed by atoms with E-state index >= 15 is 0 Å². The van der Waals surface area contributed by atoms with E-state index in [1.807, 2.05) is 0 Å². The van der Waals surface area contributed by atoms with Gasteiger partial charge in [-0.05, 0) is 105 Å². The van der Waals surface area contributed by atoms with Gasteiger partial charge in [-0.2, -0.15) is 0 Å². The third-order valence-electron chi connectivity index (χ3n) is 10.6. The summed E-state index contributed by atoms with van der Waals surface area (Å²) in [5.74, 6) is 5.41. The van der Waals surface area contributed by atoms with E-state index in [4.69, 9.17) is 0 Å². The van der Waals surface area contributed by atoms with E-state index in [-0.39, 0.29) is 0 Å². The third kappa shape index (κ3) is 3.77. The molecule has 0 unspecified atom stereocenters. The Morgan fingerprint density at radius 1 is 0.966 bits per heavy atom. The third-order valence-corrected chi connectivity index (χ3v) is 10.6. The summed E-state index contributed by atoms with van der Waals surface area (Å²) in [6.45, 7) is 14.6. The van der Waals surface area contributed by atoms with Gasteiger partial charge in [-0.15, -0.1) is 0 Å². The van der Waals surface area contributed by atoms with Gasteiger partial charge < -0.3 is 5.11 Å². The summed E-state index contributed by atoms with van der Waals surface area (Å²) in [6.07, 6.45) is 17.1. The lowest BCUT2D eigenvalue weighted by Gasteiger charge is -2.59. The normalized spacial score (nSPS) is 47.9. The highest BCUT2D eigenvalue weighted by Gasteiger charge is 2.59. The van der Waals surface area contributed by atoms with E-state index in [1.54, 1.807) is 5.57 Å². The van der Waals surface area contributed by atoms with Crippen LogP contribution in [0, 0.1) is 46.3 Å². The fourth-order valence-electron chi connectivity index (χ4n) is 8.83. The van der Waals surface area contributed by atoms with Gasteiger partial charge in [0.25, 0.3) is 0 Å². The predicted octanol–water partition coefficient (Wildman–Crippen LogP) is 7.78. The van der Waals surface area contributed by atoms with Crippen molar-refractivity contribution in [1.29, 1.82) is 0 Å². The van der Waals surface area contributed by atoms with E-state index in [9.17, 15) is 5.11 Å². The van der Waals surface area contributed by atoms with Crippen molar-refractivity contribution in [2.24, 2.45) is 46.3 Å². The lowest BCUT2D eigenvalue weighted by atomic mass is 9.46. The molecule has 0 aromatic rings. The van der Waals surface area contributed by atoms with Crippen LogP contribution in [0.1, 0.15) is 112 Å². The monoisotopic (exact) mass is 400 g/mol. The van der Waals surface area contributed by atoms with Crippen LogP contribution in [0.5, 0.6) is 0 Å². The molecule has 1 heteroatoms. The smallest absolute Gasteiger partial charge is 0.0657 e. The molecule has 3 fully saturated rings. The molecule has 1 N–H and O–H groups in total. The first-order valence-electron chi connectivity index (χ1n) is 13.0. The first-order valence-corrected chi connectivity index (χ1v) is 13.0. The molecule has 0 aromatic carbocycles. The Morgan fingerprint density at radius 3 is 2.45 bits per heavy atom. The zero-order chi connectivity index (χ0) is 21.0. The summed E-state index contributed by atoms with van der Waals surface area (Å²) >= 11 is 0. The van der Waals surface area contributed by atoms with Gasteiger partial charge in [-0.25, -0.2) is 0 Å². The maximum absolute atomic E-state index is 10.7. The number of aliphatic hydroxyl groups is 1. The standard InChI is InChI=1S/C28H48O/c1-19(2)8-7-9-20(3)23-12-13-24-22-11-10-21-18-26(4,29)16-17-27(21,5)25(22)14-15-28(23,24)6/h10,19-20,22-25,29H,7-9,11-18H2,1-6H3/t20-,22+,23-,24+,25+,26-,27+,28-/m1/s1. The highest BCUT2D eigenvalue weighted by molar-refractivity contribution is 5.26. The molecular weight excluding hydrogens is 352 g/mol. The van der Waals surface area contributed by atoms with Gasteiger partial charge >= 0.3 is 0 Å². The highest BCUT2D eigenvalue weighted by Crippen LogP contribution is 2.67. The second-order valence-corrected chi connectivity index (χ2v) is 13.0. The highest BCUT2D eigenvalue weighted by atomic mass is 16.3. The molecule has 0 bridgehead atoms. The maximum Gasteiger partial charge on any atom is 0.0657 e. The first kappa shape index (κ1) is 21.9. The van der Waals surface area contributed by atoms with Crippen LogP contribution in [0.15, 0.2) is 11.6 Å². The number of fused-ring (bicyclic) bond motifs is 5. The second kappa shape index (κ2) is 7.68. The van der Waals surface area contributed by atoms with Gasteiger partial charge in [0.05, 0.1) is 5.60 Å². The molecule has 0 amide bonds. The molecule has 29 heavy (non-hydrogen) atoms. The summed E-state index contributed by atoms with van der Waals surface area (Å²) in [4.78, 5) is 0. The summed E-state index contributed by atoms with van der Waals surface area (Å²) in [5, 5.41) is 10.7. The predicted molar refractivity (Wildman–Crippen MR) is 124 cm³/mol. The minimum absolute atomic E-state index is 0.369. The number of rotatable bonds is 5. The molecule has 3 saturated carbocycles. The minimum Gasteiger partial charge on any atom is -0.390 e. The molecule has 0 saturated heterocycles. The Balaban J connectivity index is 1.50. The molecule has 0 heterocycles. The Kier molecular flexibility index (Phi) is 5.81. The van der Waals surface area contributed by atoms with Crippen molar-refractivity contribution in [3.63, 3.8) is 0 Å². The van der Waals surface area contributed by atoms with E-state index in [0.29, 0.717) is 10.8 Å². The van der Waals surface area contributed by atoms with Crippen molar-refractivity contribution in [1.82, 2.24) is 0 Å². The Hall–Kier alpha value is -0.300. The summed E-state index contributed by atoms with van der Waals surface area (Å²) < 4.78 is 0. The number of hydrogen-bond acceptors (Lipinski definition) is 1. The van der Waals surface area contributed by atoms with Crippen molar-refractivity contribution in [3.8, 4) is 0 Å². The van der Waals surface area contributed by atoms with Crippen LogP contribution < -0.4 is 0 Å². The molecule has 0 aromatic heterocycles. The van der Waals surface area contributed by atoms with Crippen molar-refractivity contribution in [3.05, 3.63) is 11.6 Å². The van der Waals surface area contributed by atoms with E-state index < -0.39 is 5.60 Å². The Bertz CT molecular complexity index is 630. The minimum atomic E-state index is -0.467. The SMILES string of the molecule is CC(C)CCC[C@@H](C)[C@H]1CC[C@H]2[C@@H]3CC=C4C[C@](C)(O)CC[C@]4(C)[C@H]3CC[C@]12C. The molecule has 8 atom stereocenters. The van der Waals surface area contributed by atoms with Crippen molar-refractivity contribution in [2.75, 3.05) is 0 Å². The average Bonchev–Trinajstić information content (AvgIpc) is 2.99. The van der Waals surface area contributed by atoms with Crippen molar-refractivity contribution in [2.45, 2.75) is 118 Å². The quantitative estimate of drug-likeness (QED) is 0.467. The Morgan fingerprint density at radius 2 is 1.72 bits per heavy atom. The lowest BCUT2D eigenvalue weighted by Crippen LogP contribution is -2.52. The van der Waals surface area contributed by atoms with Gasteiger partial charge in [-0.1, -0.05) is 65.5 Å². The number of hydrogen-bond donors (Lipinski definition) is 1. The van der Waals surface area contributed by atoms with E-state index in [0.717, 1.165) is 48.3 Å². The van der Waals surface area contributed by atoms with Crippen LogP contribution in [0.25, 0.3) is 0 Å². The fraction of sp³-hybridized carbons (Fsp3) is 0.929. The van der Waals surface area contributed by atoms with Crippen LogP contribution in [0.2, 0.25) is 0 Å². The van der Waals surface area contributed by atoms with Crippen LogP contribution in [0.4, 0.5) is 0 Å². The van der Waals surface area contributed by atoms with E-state index in [2.05, 4.69) is 47.6 Å². The fourth-order valence-corrected chi connectivity index (χ4v) is 8.83. The molecule has 4 rings (SSSR count). The molecule has 166 valence electrons. The molecule has 0 aliphatic heterocycles. The van der Waals surface area contributed by atoms with Crippen molar-refractivity contribution < 1.29 is 5.11 Å². The summed E-state index contributed by atoms with van der Waals surface area (Å²) in [5.41, 5.74) is 2.09. The summed E-state index contributed by atoms with van der Waals surface area (Å²) in [7, 11) is 0. The number of allylic oxidation sites excluding steroid dienone is 1. The Labute approximate surface area is 181 Å². The van der Waals surface area contributed by atoms with E-state index in [1.165, 1.54) is 57.8 Å². The van der Waals surface area contributed by atoms with Crippen LogP contribution in [-0.2, 0) is 0 Å². The second-order valence-electron chi connectivity index (χ2n) is 13.0. The summed E-state index contributed by atoms with van der Waals surface area (Å²) in [6, 6.07) is 0. The van der Waals surface area contributed by atoms with Gasteiger partial charge in [0.1, 0.15) is 0 Å². The molecule has 4 aliphatic carbocycles. The lowest BCUT2D eigenvalue weighted by molar-refractivity contribution is -0.0705. The first-order chi connectivity index (χ1) is 13.6. The van der Waals surface area contributed by atoms with Crippen molar-refractivity contribution >= 4 is 0 Å². The van der Waals surface area contributed by atoms with Crippen LogP contribution in [0.3, 0.4) is 0 Å². The molecular formula is C28H48O. The van der Waals surface area contributed by atoms with Gasteiger partial charge in [0.15, 0.2) is 0 Å². The largest absolute Gasteiger partial charge is 0.390 e. The van der Waals surface area contributed by atoms with Gasteiger partial charge in [0, 0.05) is 0 Å².